The van der Waals surface area contributed by atoms with E-state index in [4.69, 9.17) is 9.84 Å². The van der Waals surface area contributed by atoms with Crippen molar-refractivity contribution < 1.29 is 23.4 Å². The second-order valence-corrected chi connectivity index (χ2v) is 4.42. The van der Waals surface area contributed by atoms with Gasteiger partial charge in [-0.2, -0.15) is 0 Å². The lowest BCUT2D eigenvalue weighted by Gasteiger charge is -2.11. The van der Waals surface area contributed by atoms with Crippen molar-refractivity contribution in [1.82, 2.24) is 0 Å². The van der Waals surface area contributed by atoms with Gasteiger partial charge in [0.2, 0.25) is 0 Å². The fourth-order valence-corrected chi connectivity index (χ4v) is 1.84. The number of carbonyl (C=O) groups excluding carboxylic acids is 1. The molecule has 2 aromatic carbocycles. The van der Waals surface area contributed by atoms with Crippen LogP contribution in [0.15, 0.2) is 36.4 Å². The van der Waals surface area contributed by atoms with Crippen molar-refractivity contribution in [2.24, 2.45) is 0 Å². The molecule has 0 aromatic heterocycles. The van der Waals surface area contributed by atoms with Gasteiger partial charge in [-0.05, 0) is 18.2 Å². The Hall–Kier alpha value is -2.67. The molecule has 0 atom stereocenters. The van der Waals surface area contributed by atoms with Crippen LogP contribution in [0.3, 0.4) is 0 Å². The summed E-state index contributed by atoms with van der Waals surface area (Å²) in [7, 11) is 1.37. The van der Waals surface area contributed by atoms with Crippen molar-refractivity contribution in [2.45, 2.75) is 6.61 Å². The van der Waals surface area contributed by atoms with Crippen LogP contribution in [0.2, 0.25) is 0 Å². The van der Waals surface area contributed by atoms with Crippen molar-refractivity contribution in [2.75, 3.05) is 17.7 Å². The Morgan fingerprint density at radius 3 is 2.59 bits per heavy atom. The topological polar surface area (TPSA) is 70.6 Å². The number of benzene rings is 2. The van der Waals surface area contributed by atoms with Crippen LogP contribution >= 0.6 is 0 Å². The van der Waals surface area contributed by atoms with Gasteiger partial charge in [0.25, 0.3) is 0 Å². The first-order valence-corrected chi connectivity index (χ1v) is 6.33. The second-order valence-electron chi connectivity index (χ2n) is 4.42. The van der Waals surface area contributed by atoms with Gasteiger partial charge in [0.15, 0.2) is 0 Å². The van der Waals surface area contributed by atoms with E-state index in [0.29, 0.717) is 5.56 Å². The summed E-state index contributed by atoms with van der Waals surface area (Å²) in [6.07, 6.45) is 0. The van der Waals surface area contributed by atoms with E-state index in [9.17, 15) is 13.6 Å². The Bertz CT molecular complexity index is 692. The highest BCUT2D eigenvalue weighted by atomic mass is 19.1. The quantitative estimate of drug-likeness (QED) is 0.813. The normalized spacial score (nSPS) is 10.2. The zero-order valence-corrected chi connectivity index (χ0v) is 11.7. The molecule has 0 aliphatic carbocycles. The number of nitrogens with one attached hydrogen (secondary N) is 2. The third-order valence-electron chi connectivity index (χ3n) is 2.86. The first-order valence-electron chi connectivity index (χ1n) is 6.33. The van der Waals surface area contributed by atoms with E-state index in [-0.39, 0.29) is 23.7 Å². The number of amides is 2. The number of aliphatic hydroxyl groups excluding tert-OH is 1. The van der Waals surface area contributed by atoms with Crippen molar-refractivity contribution >= 4 is 17.4 Å². The summed E-state index contributed by atoms with van der Waals surface area (Å²) in [5, 5.41) is 14.0. The van der Waals surface area contributed by atoms with Gasteiger partial charge in [0.1, 0.15) is 17.4 Å². The number of methoxy groups -OCH3 is 1. The van der Waals surface area contributed by atoms with Gasteiger partial charge in [-0.25, -0.2) is 13.6 Å². The van der Waals surface area contributed by atoms with E-state index in [1.165, 1.54) is 31.4 Å². The van der Waals surface area contributed by atoms with Crippen LogP contribution in [0.1, 0.15) is 5.56 Å². The molecule has 0 saturated heterocycles. The zero-order chi connectivity index (χ0) is 16.1. The molecule has 2 rings (SSSR count). The maximum absolute atomic E-state index is 13.3. The zero-order valence-electron chi connectivity index (χ0n) is 11.7. The number of halogens is 2. The molecule has 2 aromatic rings. The molecule has 116 valence electrons. The first-order chi connectivity index (χ1) is 10.5. The minimum Gasteiger partial charge on any atom is -0.497 e. The largest absolute Gasteiger partial charge is 0.497 e. The van der Waals surface area contributed by atoms with Gasteiger partial charge < -0.3 is 20.5 Å². The van der Waals surface area contributed by atoms with E-state index in [0.717, 1.165) is 12.1 Å². The lowest BCUT2D eigenvalue weighted by Crippen LogP contribution is -2.20. The average molecular weight is 308 g/mol. The number of hydrogen-bond acceptors (Lipinski definition) is 3. The van der Waals surface area contributed by atoms with E-state index in [1.807, 2.05) is 0 Å². The molecule has 0 saturated carbocycles. The number of urea groups is 1. The van der Waals surface area contributed by atoms with Crippen LogP contribution in [0.5, 0.6) is 5.75 Å². The second kappa shape index (κ2) is 6.86. The van der Waals surface area contributed by atoms with Crippen molar-refractivity contribution in [3.8, 4) is 5.75 Å². The van der Waals surface area contributed by atoms with Crippen LogP contribution in [0.4, 0.5) is 25.0 Å². The molecule has 0 fully saturated rings. The summed E-state index contributed by atoms with van der Waals surface area (Å²) in [4.78, 5) is 11.9. The fourth-order valence-electron chi connectivity index (χ4n) is 1.84. The highest BCUT2D eigenvalue weighted by Gasteiger charge is 2.09. The molecule has 0 spiro atoms. The van der Waals surface area contributed by atoms with Gasteiger partial charge in [-0.3, -0.25) is 0 Å². The molecule has 0 aliphatic rings. The Morgan fingerprint density at radius 2 is 1.91 bits per heavy atom. The summed E-state index contributed by atoms with van der Waals surface area (Å²) in [5.41, 5.74) is 0.660. The summed E-state index contributed by atoms with van der Waals surface area (Å²) in [6, 6.07) is 6.62. The van der Waals surface area contributed by atoms with Crippen molar-refractivity contribution in [3.63, 3.8) is 0 Å². The summed E-state index contributed by atoms with van der Waals surface area (Å²) in [5.74, 6) is -0.881. The Labute approximate surface area is 125 Å². The summed E-state index contributed by atoms with van der Waals surface area (Å²) >= 11 is 0. The Kier molecular flexibility index (Phi) is 4.90. The molecule has 5 nitrogen and oxygen atoms in total. The molecule has 22 heavy (non-hydrogen) atoms. The third kappa shape index (κ3) is 3.92. The monoisotopic (exact) mass is 308 g/mol. The molecular weight excluding hydrogens is 294 g/mol. The summed E-state index contributed by atoms with van der Waals surface area (Å²) < 4.78 is 31.4. The molecular formula is C15H14F2N2O3. The number of hydrogen-bond donors (Lipinski definition) is 3. The predicted octanol–water partition coefficient (Wildman–Crippen LogP) is 3.11. The molecule has 0 heterocycles. The fraction of sp³-hybridized carbons (Fsp3) is 0.133. The highest BCUT2D eigenvalue weighted by Crippen LogP contribution is 2.21. The molecule has 0 bridgehead atoms. The minimum atomic E-state index is -0.701. The number of rotatable bonds is 4. The van der Waals surface area contributed by atoms with Crippen LogP contribution < -0.4 is 15.4 Å². The number of ether oxygens (including phenoxy) is 1. The predicted molar refractivity (Wildman–Crippen MR) is 77.9 cm³/mol. The minimum absolute atomic E-state index is 0.128. The van der Waals surface area contributed by atoms with E-state index >= 15 is 0 Å². The maximum atomic E-state index is 13.3. The molecule has 0 aliphatic heterocycles. The van der Waals surface area contributed by atoms with Crippen LogP contribution in [0.25, 0.3) is 0 Å². The highest BCUT2D eigenvalue weighted by molar-refractivity contribution is 6.00. The number of carbonyl (C=O) groups is 1. The van der Waals surface area contributed by atoms with Gasteiger partial charge in [-0.15, -0.1) is 0 Å². The molecule has 0 unspecified atom stereocenters. The third-order valence-corrected chi connectivity index (χ3v) is 2.86. The lowest BCUT2D eigenvalue weighted by atomic mass is 10.2. The van der Waals surface area contributed by atoms with Gasteiger partial charge in [-0.1, -0.05) is 6.07 Å². The first kappa shape index (κ1) is 15.7. The molecule has 3 N–H and O–H groups in total. The molecule has 2 amide bonds. The Balaban J connectivity index is 2.13. The van der Waals surface area contributed by atoms with Gasteiger partial charge in [0.05, 0.1) is 19.4 Å². The van der Waals surface area contributed by atoms with Crippen molar-refractivity contribution in [3.05, 3.63) is 53.6 Å². The average Bonchev–Trinajstić information content (AvgIpc) is 2.46. The maximum Gasteiger partial charge on any atom is 0.323 e. The number of anilines is 2. The van der Waals surface area contributed by atoms with Crippen LogP contribution in [-0.4, -0.2) is 18.2 Å². The standard InChI is InChI=1S/C15H14F2N2O3/c1-22-13-5-11(17)4-12(7-13)18-15(21)19-14-6-10(16)3-2-9(14)8-20/h2-7,20H,8H2,1H3,(H2,18,19,21). The summed E-state index contributed by atoms with van der Waals surface area (Å²) in [6.45, 7) is -0.357. The Morgan fingerprint density at radius 1 is 1.14 bits per heavy atom. The molecule has 0 radical (unpaired) electrons. The SMILES string of the molecule is COc1cc(F)cc(NC(=O)Nc2cc(F)ccc2CO)c1. The van der Waals surface area contributed by atoms with Gasteiger partial charge >= 0.3 is 6.03 Å². The van der Waals surface area contributed by atoms with Crippen molar-refractivity contribution in [1.29, 1.82) is 0 Å². The van der Waals surface area contributed by atoms with Crippen LogP contribution in [0, 0.1) is 11.6 Å². The number of aliphatic hydroxyl groups is 1. The molecule has 7 heteroatoms. The van der Waals surface area contributed by atoms with Gasteiger partial charge in [0, 0.05) is 23.4 Å². The van der Waals surface area contributed by atoms with E-state index in [1.54, 1.807) is 0 Å². The van der Waals surface area contributed by atoms with E-state index in [2.05, 4.69) is 10.6 Å². The van der Waals surface area contributed by atoms with E-state index < -0.39 is 17.7 Å². The smallest absolute Gasteiger partial charge is 0.323 e. The van der Waals surface area contributed by atoms with Crippen LogP contribution in [-0.2, 0) is 6.61 Å². The lowest BCUT2D eigenvalue weighted by molar-refractivity contribution is 0.262.